The van der Waals surface area contributed by atoms with Gasteiger partial charge in [-0.15, -0.1) is 0 Å². The minimum Gasteiger partial charge on any atom is -0.450 e. The zero-order valence-electron chi connectivity index (χ0n) is 22.1. The van der Waals surface area contributed by atoms with Gasteiger partial charge in [-0.05, 0) is 46.0 Å². The van der Waals surface area contributed by atoms with Crippen LogP contribution < -0.4 is 4.74 Å². The summed E-state index contributed by atoms with van der Waals surface area (Å²) in [6, 6.07) is 9.70. The summed E-state index contributed by atoms with van der Waals surface area (Å²) in [6.45, 7) is 13.3. The highest BCUT2D eigenvalue weighted by Crippen LogP contribution is 2.40. The Bertz CT molecular complexity index is 617. The Morgan fingerprint density at radius 2 is 1.45 bits per heavy atom. The summed E-state index contributed by atoms with van der Waals surface area (Å²) in [5, 5.41) is 4.16. The number of unbranched alkanes of at least 4 members (excludes halogenated alkanes) is 1. The van der Waals surface area contributed by atoms with Gasteiger partial charge in [0.25, 0.3) is 0 Å². The van der Waals surface area contributed by atoms with Crippen molar-refractivity contribution >= 4 is 0 Å². The maximum absolute atomic E-state index is 6.86. The molecule has 1 rings (SSSR count). The molecular weight excluding hydrogens is 422 g/mol. The molecule has 0 bridgehead atoms. The lowest BCUT2D eigenvalue weighted by molar-refractivity contribution is -0.503. The van der Waals surface area contributed by atoms with E-state index in [9.17, 15) is 0 Å². The summed E-state index contributed by atoms with van der Waals surface area (Å²) in [5.74, 6) is -2.22. The average Bonchev–Trinajstić information content (AvgIpc) is 2.82. The molecule has 0 spiro atoms. The first kappa shape index (κ1) is 29.8. The molecule has 0 aliphatic carbocycles. The van der Waals surface area contributed by atoms with Gasteiger partial charge < -0.3 is 23.7 Å². The van der Waals surface area contributed by atoms with Gasteiger partial charge in [-0.25, -0.2) is 5.01 Å². The van der Waals surface area contributed by atoms with Crippen molar-refractivity contribution in [3.05, 3.63) is 30.3 Å². The van der Waals surface area contributed by atoms with Crippen LogP contribution in [0.4, 0.5) is 0 Å². The zero-order chi connectivity index (χ0) is 24.7. The first-order chi connectivity index (χ1) is 15.9. The van der Waals surface area contributed by atoms with Gasteiger partial charge in [0.2, 0.25) is 0 Å². The Labute approximate surface area is 201 Å². The molecule has 33 heavy (non-hydrogen) atoms. The Balaban J connectivity index is 3.87. The normalized spacial score (nSPS) is 15.7. The summed E-state index contributed by atoms with van der Waals surface area (Å²) in [7, 11) is 5.56. The van der Waals surface area contributed by atoms with E-state index in [2.05, 4.69) is 32.7 Å². The average molecular weight is 470 g/mol. The molecule has 2 unspecified atom stereocenters. The molecule has 0 N–H and O–H groups in total. The van der Waals surface area contributed by atoms with Crippen LogP contribution in [0.2, 0.25) is 0 Å². The molecule has 0 heterocycles. The molecule has 0 radical (unpaired) electrons. The van der Waals surface area contributed by atoms with Crippen molar-refractivity contribution < 1.29 is 23.7 Å². The van der Waals surface area contributed by atoms with E-state index in [1.807, 2.05) is 61.3 Å². The maximum Gasteiger partial charge on any atom is 0.358 e. The van der Waals surface area contributed by atoms with Gasteiger partial charge in [-0.2, -0.15) is 5.01 Å². The SMILES string of the molecule is CCCCOC(OCC)(OCCC)C(Oc1ccccc1)(N(C)C)N(COC)N(CC)CC. The standard InChI is InChI=1S/C25H47N3O5/c1-9-14-21-32-25(30-13-5,31-20-10-2)24(26(6)7,33-23-18-16-15-17-19-23)28(22-29-8)27(11-3)12-4/h15-19H,9-14,20-22H2,1-8H3. The number of para-hydroxylation sites is 1. The summed E-state index contributed by atoms with van der Waals surface area (Å²) in [6.07, 6.45) is 2.66. The van der Waals surface area contributed by atoms with E-state index >= 15 is 0 Å². The molecule has 0 saturated heterocycles. The van der Waals surface area contributed by atoms with Crippen LogP contribution in [0.1, 0.15) is 53.9 Å². The van der Waals surface area contributed by atoms with E-state index in [0.29, 0.717) is 25.6 Å². The maximum atomic E-state index is 6.86. The van der Waals surface area contributed by atoms with Gasteiger partial charge in [0.1, 0.15) is 12.5 Å². The number of likely N-dealkylation sites (N-methyl/N-ethyl adjacent to an activating group) is 1. The monoisotopic (exact) mass is 469 g/mol. The van der Waals surface area contributed by atoms with Gasteiger partial charge in [0.15, 0.2) is 0 Å². The third-order valence-electron chi connectivity index (χ3n) is 5.30. The molecule has 0 aliphatic rings. The second-order valence-corrected chi connectivity index (χ2v) is 7.91. The van der Waals surface area contributed by atoms with E-state index in [1.165, 1.54) is 0 Å². The Morgan fingerprint density at radius 3 is 1.94 bits per heavy atom. The first-order valence-corrected chi connectivity index (χ1v) is 12.3. The highest BCUT2D eigenvalue weighted by molar-refractivity contribution is 5.22. The summed E-state index contributed by atoms with van der Waals surface area (Å²) in [4.78, 5) is 1.95. The molecule has 192 valence electrons. The number of benzene rings is 1. The Hall–Kier alpha value is -1.26. The van der Waals surface area contributed by atoms with Crippen LogP contribution in [0.25, 0.3) is 0 Å². The fourth-order valence-corrected chi connectivity index (χ4v) is 3.75. The second kappa shape index (κ2) is 15.6. The molecular formula is C25H47N3O5. The van der Waals surface area contributed by atoms with Crippen molar-refractivity contribution in [3.63, 3.8) is 0 Å². The molecule has 0 aromatic heterocycles. The van der Waals surface area contributed by atoms with Crippen molar-refractivity contribution in [1.82, 2.24) is 14.9 Å². The lowest BCUT2D eigenvalue weighted by atomic mass is 10.2. The molecule has 8 nitrogen and oxygen atoms in total. The van der Waals surface area contributed by atoms with Gasteiger partial charge in [0.05, 0.1) is 13.2 Å². The molecule has 1 aromatic carbocycles. The second-order valence-electron chi connectivity index (χ2n) is 7.91. The summed E-state index contributed by atoms with van der Waals surface area (Å²) in [5.41, 5.74) is 0. The Kier molecular flexibility index (Phi) is 14.1. The van der Waals surface area contributed by atoms with Crippen LogP contribution in [0.3, 0.4) is 0 Å². The van der Waals surface area contributed by atoms with Crippen LogP contribution in [-0.2, 0) is 18.9 Å². The van der Waals surface area contributed by atoms with Crippen LogP contribution in [0.5, 0.6) is 5.75 Å². The van der Waals surface area contributed by atoms with Crippen molar-refractivity contribution in [3.8, 4) is 5.75 Å². The summed E-state index contributed by atoms with van der Waals surface area (Å²) < 4.78 is 32.0. The fourth-order valence-electron chi connectivity index (χ4n) is 3.75. The van der Waals surface area contributed by atoms with Crippen LogP contribution in [0, 0.1) is 0 Å². The number of methoxy groups -OCH3 is 1. The highest BCUT2D eigenvalue weighted by Gasteiger charge is 2.65. The highest BCUT2D eigenvalue weighted by atomic mass is 16.9. The number of hydrazine groups is 1. The molecule has 0 fully saturated rings. The molecule has 8 heteroatoms. The topological polar surface area (TPSA) is 55.9 Å². The number of hydrogen-bond acceptors (Lipinski definition) is 8. The first-order valence-electron chi connectivity index (χ1n) is 12.3. The smallest absolute Gasteiger partial charge is 0.358 e. The number of hydrogen-bond donors (Lipinski definition) is 0. The van der Waals surface area contributed by atoms with Crippen LogP contribution in [0.15, 0.2) is 30.3 Å². The predicted octanol–water partition coefficient (Wildman–Crippen LogP) is 4.38. The minimum absolute atomic E-state index is 0.244. The number of nitrogens with zero attached hydrogens (tertiary/aromatic N) is 3. The van der Waals surface area contributed by atoms with E-state index in [0.717, 1.165) is 32.4 Å². The lowest BCUT2D eigenvalue weighted by Gasteiger charge is -2.56. The Morgan fingerprint density at radius 1 is 0.818 bits per heavy atom. The van der Waals surface area contributed by atoms with Gasteiger partial charge in [0, 0.05) is 26.8 Å². The quantitative estimate of drug-likeness (QED) is 0.168. The molecule has 0 amide bonds. The van der Waals surface area contributed by atoms with Crippen molar-refractivity contribution in [1.29, 1.82) is 0 Å². The van der Waals surface area contributed by atoms with Crippen molar-refractivity contribution in [2.45, 2.75) is 65.7 Å². The van der Waals surface area contributed by atoms with Crippen molar-refractivity contribution in [2.75, 3.05) is 60.8 Å². The lowest BCUT2D eigenvalue weighted by Crippen LogP contribution is -2.79. The molecule has 0 aliphatic heterocycles. The molecule has 2 atom stereocenters. The number of rotatable bonds is 19. The van der Waals surface area contributed by atoms with E-state index in [4.69, 9.17) is 23.7 Å². The molecule has 0 saturated carbocycles. The van der Waals surface area contributed by atoms with Crippen LogP contribution in [-0.4, -0.2) is 87.6 Å². The number of ether oxygens (including phenoxy) is 5. The fraction of sp³-hybridized carbons (Fsp3) is 0.760. The predicted molar refractivity (Wildman–Crippen MR) is 132 cm³/mol. The third kappa shape index (κ3) is 7.36. The largest absolute Gasteiger partial charge is 0.450 e. The van der Waals surface area contributed by atoms with E-state index in [-0.39, 0.29) is 6.73 Å². The van der Waals surface area contributed by atoms with E-state index < -0.39 is 11.8 Å². The molecule has 1 aromatic rings. The van der Waals surface area contributed by atoms with Crippen LogP contribution >= 0.6 is 0 Å². The summed E-state index contributed by atoms with van der Waals surface area (Å²) >= 11 is 0. The van der Waals surface area contributed by atoms with Gasteiger partial charge >= 0.3 is 11.8 Å². The van der Waals surface area contributed by atoms with Gasteiger partial charge in [-0.1, -0.05) is 52.3 Å². The minimum atomic E-state index is -1.55. The third-order valence-corrected chi connectivity index (χ3v) is 5.30. The zero-order valence-corrected chi connectivity index (χ0v) is 22.1. The van der Waals surface area contributed by atoms with Gasteiger partial charge in [-0.3, -0.25) is 4.90 Å². The van der Waals surface area contributed by atoms with E-state index in [1.54, 1.807) is 7.11 Å². The van der Waals surface area contributed by atoms with Crippen molar-refractivity contribution in [2.24, 2.45) is 0 Å².